The van der Waals surface area contributed by atoms with Gasteiger partial charge in [-0.3, -0.25) is 0 Å². The van der Waals surface area contributed by atoms with Crippen molar-refractivity contribution in [3.05, 3.63) is 18.3 Å². The zero-order valence-corrected chi connectivity index (χ0v) is 13.0. The van der Waals surface area contributed by atoms with E-state index in [2.05, 4.69) is 10.3 Å². The number of urea groups is 1. The quantitative estimate of drug-likeness (QED) is 0.922. The summed E-state index contributed by atoms with van der Waals surface area (Å²) >= 11 is 0. The van der Waals surface area contributed by atoms with Crippen LogP contribution in [-0.4, -0.2) is 60.6 Å². The van der Waals surface area contributed by atoms with Gasteiger partial charge in [-0.2, -0.15) is 0 Å². The van der Waals surface area contributed by atoms with Gasteiger partial charge in [-0.25, -0.2) is 9.78 Å². The van der Waals surface area contributed by atoms with Crippen molar-refractivity contribution in [2.75, 3.05) is 39.1 Å². The predicted octanol–water partition coefficient (Wildman–Crippen LogP) is 2.04. The van der Waals surface area contributed by atoms with E-state index in [-0.39, 0.29) is 6.03 Å². The Morgan fingerprint density at radius 1 is 1.48 bits per heavy atom. The van der Waals surface area contributed by atoms with Crippen LogP contribution >= 0.6 is 0 Å². The monoisotopic (exact) mass is 292 g/mol. The molecule has 0 atom stereocenters. The standard InChI is InChI=1S/C15H24N4O2/c1-4-21-14-13(6-5-9-16-14)17-12-7-10-19(11-8-12)15(20)18(2)3/h5-6,9,12,17H,4,7-8,10-11H2,1-3H3. The van der Waals surface area contributed by atoms with Crippen LogP contribution in [0.4, 0.5) is 10.5 Å². The molecule has 0 radical (unpaired) electrons. The molecule has 2 rings (SSSR count). The molecule has 6 heteroatoms. The van der Waals surface area contributed by atoms with Gasteiger partial charge in [-0.15, -0.1) is 0 Å². The van der Waals surface area contributed by atoms with E-state index in [1.165, 1.54) is 0 Å². The van der Waals surface area contributed by atoms with Gasteiger partial charge >= 0.3 is 6.03 Å². The minimum absolute atomic E-state index is 0.0878. The normalized spacial score (nSPS) is 15.7. The second-order valence-corrected chi connectivity index (χ2v) is 5.37. The van der Waals surface area contributed by atoms with Crippen LogP contribution in [0.25, 0.3) is 0 Å². The molecule has 1 fully saturated rings. The number of rotatable bonds is 4. The van der Waals surface area contributed by atoms with Crippen molar-refractivity contribution in [1.82, 2.24) is 14.8 Å². The maximum Gasteiger partial charge on any atom is 0.319 e. The molecular weight excluding hydrogens is 268 g/mol. The third-order valence-electron chi connectivity index (χ3n) is 3.56. The molecule has 116 valence electrons. The number of hydrogen-bond acceptors (Lipinski definition) is 4. The highest BCUT2D eigenvalue weighted by molar-refractivity contribution is 5.73. The smallest absolute Gasteiger partial charge is 0.319 e. The Balaban J connectivity index is 1.90. The highest BCUT2D eigenvalue weighted by Crippen LogP contribution is 2.24. The first-order chi connectivity index (χ1) is 10.1. The van der Waals surface area contributed by atoms with Crippen LogP contribution < -0.4 is 10.1 Å². The lowest BCUT2D eigenvalue weighted by Gasteiger charge is -2.34. The number of anilines is 1. The summed E-state index contributed by atoms with van der Waals surface area (Å²) in [6, 6.07) is 4.31. The van der Waals surface area contributed by atoms with Gasteiger partial charge in [-0.05, 0) is 31.9 Å². The van der Waals surface area contributed by atoms with Crippen LogP contribution in [-0.2, 0) is 0 Å². The van der Waals surface area contributed by atoms with E-state index in [9.17, 15) is 4.79 Å². The van der Waals surface area contributed by atoms with Gasteiger partial charge in [0.1, 0.15) is 0 Å². The van der Waals surface area contributed by atoms with Crippen molar-refractivity contribution >= 4 is 11.7 Å². The van der Waals surface area contributed by atoms with Crippen LogP contribution in [0.3, 0.4) is 0 Å². The summed E-state index contributed by atoms with van der Waals surface area (Å²) in [6.07, 6.45) is 3.59. The molecule has 1 saturated heterocycles. The average Bonchev–Trinajstić information content (AvgIpc) is 2.49. The lowest BCUT2D eigenvalue weighted by atomic mass is 10.1. The molecule has 0 saturated carbocycles. The second kappa shape index (κ2) is 7.15. The van der Waals surface area contributed by atoms with E-state index in [1.54, 1.807) is 25.2 Å². The topological polar surface area (TPSA) is 57.7 Å². The zero-order valence-electron chi connectivity index (χ0n) is 13.0. The van der Waals surface area contributed by atoms with Crippen LogP contribution in [0.1, 0.15) is 19.8 Å². The molecule has 1 aliphatic heterocycles. The molecule has 2 amide bonds. The Kier molecular flexibility index (Phi) is 5.25. The Morgan fingerprint density at radius 2 is 2.19 bits per heavy atom. The number of hydrogen-bond donors (Lipinski definition) is 1. The first-order valence-electron chi connectivity index (χ1n) is 7.42. The SMILES string of the molecule is CCOc1ncccc1NC1CCN(C(=O)N(C)C)CC1. The summed E-state index contributed by atoms with van der Waals surface area (Å²) in [5, 5.41) is 3.48. The Morgan fingerprint density at radius 3 is 2.81 bits per heavy atom. The summed E-state index contributed by atoms with van der Waals surface area (Å²) in [5.41, 5.74) is 0.928. The molecule has 0 unspecified atom stereocenters. The molecule has 0 bridgehead atoms. The number of aromatic nitrogens is 1. The second-order valence-electron chi connectivity index (χ2n) is 5.37. The lowest BCUT2D eigenvalue weighted by molar-refractivity contribution is 0.158. The molecule has 6 nitrogen and oxygen atoms in total. The maximum atomic E-state index is 11.9. The Hall–Kier alpha value is -1.98. The number of carbonyl (C=O) groups is 1. The summed E-state index contributed by atoms with van der Waals surface area (Å²) in [4.78, 5) is 19.7. The lowest BCUT2D eigenvalue weighted by Crippen LogP contribution is -2.46. The molecule has 2 heterocycles. The van der Waals surface area contributed by atoms with Gasteiger partial charge in [0, 0.05) is 39.4 Å². The van der Waals surface area contributed by atoms with Crippen molar-refractivity contribution < 1.29 is 9.53 Å². The first-order valence-corrected chi connectivity index (χ1v) is 7.42. The van der Waals surface area contributed by atoms with Crippen LogP contribution in [0.5, 0.6) is 5.88 Å². The number of amides is 2. The summed E-state index contributed by atoms with van der Waals surface area (Å²) in [5.74, 6) is 0.645. The third-order valence-corrected chi connectivity index (χ3v) is 3.56. The molecule has 0 aliphatic carbocycles. The van der Waals surface area contributed by atoms with Gasteiger partial charge in [0.25, 0.3) is 0 Å². The van der Waals surface area contributed by atoms with E-state index in [0.29, 0.717) is 18.5 Å². The van der Waals surface area contributed by atoms with E-state index in [0.717, 1.165) is 31.6 Å². The van der Waals surface area contributed by atoms with Crippen LogP contribution in [0, 0.1) is 0 Å². The number of likely N-dealkylation sites (tertiary alicyclic amines) is 1. The summed E-state index contributed by atoms with van der Waals surface area (Å²) in [6.45, 7) is 4.10. The largest absolute Gasteiger partial charge is 0.476 e. The Bertz CT molecular complexity index is 470. The molecule has 1 aliphatic rings. The number of ether oxygens (including phenoxy) is 1. The van der Waals surface area contributed by atoms with Crippen LogP contribution in [0.15, 0.2) is 18.3 Å². The molecule has 1 N–H and O–H groups in total. The number of nitrogens with zero attached hydrogens (tertiary/aromatic N) is 3. The van der Waals surface area contributed by atoms with Gasteiger partial charge in [0.15, 0.2) is 0 Å². The van der Waals surface area contributed by atoms with Crippen molar-refractivity contribution in [2.24, 2.45) is 0 Å². The fraction of sp³-hybridized carbons (Fsp3) is 0.600. The highest BCUT2D eigenvalue weighted by Gasteiger charge is 2.24. The van der Waals surface area contributed by atoms with Gasteiger partial charge in [0.05, 0.1) is 12.3 Å². The molecule has 0 spiro atoms. The van der Waals surface area contributed by atoms with Crippen molar-refractivity contribution in [3.63, 3.8) is 0 Å². The fourth-order valence-corrected chi connectivity index (χ4v) is 2.47. The third kappa shape index (κ3) is 4.00. The van der Waals surface area contributed by atoms with Crippen molar-refractivity contribution in [3.8, 4) is 5.88 Å². The summed E-state index contributed by atoms with van der Waals surface area (Å²) < 4.78 is 5.52. The van der Waals surface area contributed by atoms with Crippen LogP contribution in [0.2, 0.25) is 0 Å². The van der Waals surface area contributed by atoms with E-state index in [4.69, 9.17) is 4.74 Å². The summed E-state index contributed by atoms with van der Waals surface area (Å²) in [7, 11) is 3.58. The van der Waals surface area contributed by atoms with E-state index < -0.39 is 0 Å². The number of pyridine rings is 1. The number of nitrogens with one attached hydrogen (secondary N) is 1. The minimum atomic E-state index is 0.0878. The van der Waals surface area contributed by atoms with Gasteiger partial charge < -0.3 is 19.9 Å². The number of carbonyl (C=O) groups excluding carboxylic acids is 1. The zero-order chi connectivity index (χ0) is 15.2. The predicted molar refractivity (Wildman–Crippen MR) is 82.7 cm³/mol. The minimum Gasteiger partial charge on any atom is -0.476 e. The average molecular weight is 292 g/mol. The van der Waals surface area contributed by atoms with Crippen molar-refractivity contribution in [2.45, 2.75) is 25.8 Å². The molecule has 0 aromatic carbocycles. The van der Waals surface area contributed by atoms with E-state index >= 15 is 0 Å². The molecular formula is C15H24N4O2. The fourth-order valence-electron chi connectivity index (χ4n) is 2.47. The first kappa shape index (κ1) is 15.4. The van der Waals surface area contributed by atoms with E-state index in [1.807, 2.05) is 24.0 Å². The molecule has 21 heavy (non-hydrogen) atoms. The van der Waals surface area contributed by atoms with Gasteiger partial charge in [-0.1, -0.05) is 0 Å². The Labute approximate surface area is 126 Å². The number of piperidine rings is 1. The van der Waals surface area contributed by atoms with Crippen molar-refractivity contribution in [1.29, 1.82) is 0 Å². The molecule has 1 aromatic rings. The highest BCUT2D eigenvalue weighted by atomic mass is 16.5. The van der Waals surface area contributed by atoms with Gasteiger partial charge in [0.2, 0.25) is 5.88 Å². The maximum absolute atomic E-state index is 11.9. The molecule has 1 aromatic heterocycles.